The van der Waals surface area contributed by atoms with Gasteiger partial charge < -0.3 is 20.5 Å². The largest absolute Gasteiger partial charge is 0.388 e. The van der Waals surface area contributed by atoms with Crippen LogP contribution in [0.15, 0.2) is 97.1 Å². The van der Waals surface area contributed by atoms with Gasteiger partial charge in [0.1, 0.15) is 0 Å². The highest BCUT2D eigenvalue weighted by atomic mass is 31.2. The molecule has 5 rings (SSSR count). The highest BCUT2D eigenvalue weighted by Gasteiger charge is 2.43. The van der Waals surface area contributed by atoms with Gasteiger partial charge in [0, 0.05) is 59.7 Å². The first-order valence-electron chi connectivity index (χ1n) is 11.4. The summed E-state index contributed by atoms with van der Waals surface area (Å²) >= 11 is 0. The lowest BCUT2D eigenvalue weighted by atomic mass is 9.95. The van der Waals surface area contributed by atoms with Gasteiger partial charge in [-0.05, 0) is 65.2 Å². The van der Waals surface area contributed by atoms with E-state index in [0.29, 0.717) is 0 Å². The third-order valence-electron chi connectivity index (χ3n) is 6.49. The Morgan fingerprint density at radius 2 is 1.03 bits per heavy atom. The van der Waals surface area contributed by atoms with Crippen LogP contribution >= 0.6 is 7.14 Å². The van der Waals surface area contributed by atoms with Crippen molar-refractivity contribution >= 4 is 45.7 Å². The smallest absolute Gasteiger partial charge is 0.172 e. The maximum absolute atomic E-state index is 15.3. The first kappa shape index (κ1) is 22.1. The van der Waals surface area contributed by atoms with Crippen molar-refractivity contribution in [3.05, 3.63) is 114 Å². The highest BCUT2D eigenvalue weighted by molar-refractivity contribution is 7.88. The van der Waals surface area contributed by atoms with Crippen molar-refractivity contribution in [2.75, 3.05) is 37.1 Å². The minimum Gasteiger partial charge on any atom is -0.388 e. The molecule has 4 nitrogen and oxygen atoms in total. The second-order valence-corrected chi connectivity index (χ2v) is 11.0. The van der Waals surface area contributed by atoms with E-state index in [0.717, 1.165) is 55.2 Å². The molecule has 1 aliphatic rings. The van der Waals surface area contributed by atoms with Crippen molar-refractivity contribution in [1.29, 1.82) is 0 Å². The molecule has 1 unspecified atom stereocenters. The first-order chi connectivity index (χ1) is 16.6. The van der Waals surface area contributed by atoms with Crippen LogP contribution in [0.25, 0.3) is 10.9 Å². The average molecular weight is 466 g/mol. The lowest BCUT2D eigenvalue weighted by Crippen LogP contribution is -2.15. The molecule has 4 aromatic rings. The molecule has 1 atom stereocenters. The van der Waals surface area contributed by atoms with Crippen molar-refractivity contribution in [2.24, 2.45) is 0 Å². The van der Waals surface area contributed by atoms with Crippen LogP contribution in [0.4, 0.5) is 17.1 Å². The van der Waals surface area contributed by atoms with Gasteiger partial charge in [0.25, 0.3) is 0 Å². The summed E-state index contributed by atoms with van der Waals surface area (Å²) in [5.74, 6) is 0. The monoisotopic (exact) mass is 465 g/mol. The van der Waals surface area contributed by atoms with Gasteiger partial charge in [-0.1, -0.05) is 48.5 Å². The molecule has 170 valence electrons. The minimum absolute atomic E-state index is 0.841. The maximum atomic E-state index is 15.3. The van der Waals surface area contributed by atoms with Crippen LogP contribution in [-0.4, -0.2) is 21.1 Å². The topological polar surface area (TPSA) is 53.2 Å². The number of rotatable bonds is 6. The molecule has 0 spiro atoms. The molecule has 0 saturated heterocycles. The van der Waals surface area contributed by atoms with Gasteiger partial charge in [-0.15, -0.1) is 0 Å². The summed E-state index contributed by atoms with van der Waals surface area (Å²) in [5.41, 5.74) is 7.17. The van der Waals surface area contributed by atoms with E-state index >= 15 is 4.57 Å². The molecule has 0 saturated carbocycles. The molecular formula is C29H28N3OP. The lowest BCUT2D eigenvalue weighted by Gasteiger charge is -2.20. The van der Waals surface area contributed by atoms with Gasteiger partial charge in [0.2, 0.25) is 0 Å². The Hall–Kier alpha value is -3.75. The quantitative estimate of drug-likeness (QED) is 0.303. The van der Waals surface area contributed by atoms with Crippen molar-refractivity contribution in [1.82, 2.24) is 0 Å². The minimum atomic E-state index is -3.12. The second-order valence-electron chi connectivity index (χ2n) is 8.30. The molecule has 4 aromatic carbocycles. The van der Waals surface area contributed by atoms with Gasteiger partial charge >= 0.3 is 0 Å². The molecular weight excluding hydrogens is 437 g/mol. The second kappa shape index (κ2) is 8.89. The van der Waals surface area contributed by atoms with Gasteiger partial charge in [-0.25, -0.2) is 0 Å². The van der Waals surface area contributed by atoms with E-state index in [2.05, 4.69) is 58.4 Å². The SMILES string of the molecule is CNc1ccc(C2=C(c3ccc(NC)cc3)P(=O)(c3ccc(NC)cc3)c3ccccc32)cc1. The van der Waals surface area contributed by atoms with E-state index in [4.69, 9.17) is 0 Å². The molecule has 5 heteroatoms. The summed E-state index contributed by atoms with van der Waals surface area (Å²) in [6.07, 6.45) is 0. The zero-order valence-electron chi connectivity index (χ0n) is 19.6. The molecule has 34 heavy (non-hydrogen) atoms. The summed E-state index contributed by atoms with van der Waals surface area (Å²) in [6, 6.07) is 32.7. The Bertz CT molecular complexity index is 1410. The molecule has 0 bridgehead atoms. The molecule has 0 aliphatic carbocycles. The predicted octanol–water partition coefficient (Wildman–Crippen LogP) is 6.06. The maximum Gasteiger partial charge on any atom is 0.172 e. The van der Waals surface area contributed by atoms with E-state index < -0.39 is 7.14 Å². The molecule has 0 amide bonds. The van der Waals surface area contributed by atoms with Crippen LogP contribution in [0.2, 0.25) is 0 Å². The summed E-state index contributed by atoms with van der Waals surface area (Å²) in [7, 11) is 2.59. The number of hydrogen-bond acceptors (Lipinski definition) is 4. The Morgan fingerprint density at radius 1 is 0.559 bits per heavy atom. The van der Waals surface area contributed by atoms with Gasteiger partial charge in [0.05, 0.1) is 0 Å². The van der Waals surface area contributed by atoms with Gasteiger partial charge in [-0.2, -0.15) is 0 Å². The zero-order valence-corrected chi connectivity index (χ0v) is 20.5. The molecule has 3 N–H and O–H groups in total. The predicted molar refractivity (Wildman–Crippen MR) is 147 cm³/mol. The van der Waals surface area contributed by atoms with Gasteiger partial charge in [0.15, 0.2) is 7.14 Å². The van der Waals surface area contributed by atoms with Crippen molar-refractivity contribution < 1.29 is 4.57 Å². The van der Waals surface area contributed by atoms with E-state index in [9.17, 15) is 0 Å². The lowest BCUT2D eigenvalue weighted by molar-refractivity contribution is 0.593. The third-order valence-corrected chi connectivity index (χ3v) is 9.70. The van der Waals surface area contributed by atoms with Crippen LogP contribution in [0.3, 0.4) is 0 Å². The fourth-order valence-electron chi connectivity index (χ4n) is 4.69. The molecule has 0 fully saturated rings. The van der Waals surface area contributed by atoms with E-state index in [1.54, 1.807) is 0 Å². The van der Waals surface area contributed by atoms with Crippen LogP contribution in [0.5, 0.6) is 0 Å². The van der Waals surface area contributed by atoms with Crippen molar-refractivity contribution in [2.45, 2.75) is 0 Å². The Balaban J connectivity index is 1.84. The summed E-state index contributed by atoms with van der Waals surface area (Å²) in [6.45, 7) is 0. The van der Waals surface area contributed by atoms with Crippen LogP contribution in [-0.2, 0) is 4.57 Å². The Labute approximate surface area is 201 Å². The first-order valence-corrected chi connectivity index (χ1v) is 13.1. The molecule has 0 aromatic heterocycles. The number of nitrogens with one attached hydrogen (secondary N) is 3. The summed E-state index contributed by atoms with van der Waals surface area (Å²) in [4.78, 5) is 0. The Morgan fingerprint density at radius 3 is 1.56 bits per heavy atom. The fourth-order valence-corrected chi connectivity index (χ4v) is 7.93. The Kier molecular flexibility index (Phi) is 5.77. The third kappa shape index (κ3) is 3.52. The summed E-state index contributed by atoms with van der Waals surface area (Å²) < 4.78 is 15.3. The highest BCUT2D eigenvalue weighted by Crippen LogP contribution is 2.65. The molecule has 1 heterocycles. The van der Waals surface area contributed by atoms with E-state index in [-0.39, 0.29) is 0 Å². The zero-order chi connectivity index (χ0) is 23.7. The normalized spacial score (nSPS) is 16.8. The van der Waals surface area contributed by atoms with Crippen LogP contribution < -0.4 is 26.6 Å². The van der Waals surface area contributed by atoms with Crippen molar-refractivity contribution in [3.8, 4) is 0 Å². The van der Waals surface area contributed by atoms with E-state index in [1.807, 2.05) is 75.7 Å². The standard InChI is InChI=1S/C29H28N3OP/c1-30-22-12-8-20(9-13-22)28-26-6-4-5-7-27(26)34(33,25-18-16-24(32-3)17-19-25)29(28)21-10-14-23(31-2)15-11-21/h4-19,30-32H,1-3H3. The van der Waals surface area contributed by atoms with Crippen LogP contribution in [0, 0.1) is 0 Å². The average Bonchev–Trinajstić information content (AvgIpc) is 3.18. The number of benzene rings is 4. The molecule has 0 radical (unpaired) electrons. The van der Waals surface area contributed by atoms with Gasteiger partial charge in [-0.3, -0.25) is 0 Å². The number of anilines is 3. The van der Waals surface area contributed by atoms with Crippen LogP contribution in [0.1, 0.15) is 16.7 Å². The van der Waals surface area contributed by atoms with E-state index in [1.165, 1.54) is 0 Å². The fraction of sp³-hybridized carbons (Fsp3) is 0.103. The summed E-state index contributed by atoms with van der Waals surface area (Å²) in [5, 5.41) is 12.2. The number of fused-ring (bicyclic) bond motifs is 1. The van der Waals surface area contributed by atoms with Crippen molar-refractivity contribution in [3.63, 3.8) is 0 Å². The number of hydrogen-bond donors (Lipinski definition) is 3. The molecule has 1 aliphatic heterocycles.